The number of rotatable bonds is 6. The molecule has 0 spiro atoms. The number of Topliss-reactive ketones (excluding diaryl/α,β-unsaturated/α-hetero) is 1. The summed E-state index contributed by atoms with van der Waals surface area (Å²) in [6.07, 6.45) is 3.13. The van der Waals surface area contributed by atoms with Crippen molar-refractivity contribution in [3.05, 3.63) is 0 Å². The van der Waals surface area contributed by atoms with Crippen LogP contribution in [0.2, 0.25) is 0 Å². The molecule has 2 N–H and O–H groups in total. The quantitative estimate of drug-likeness (QED) is 0.757. The molecule has 0 radical (unpaired) electrons. The van der Waals surface area contributed by atoms with Crippen molar-refractivity contribution < 1.29 is 19.5 Å². The average molecular weight is 273 g/mol. The van der Waals surface area contributed by atoms with Crippen LogP contribution < -0.4 is 5.32 Å². The normalized spacial score (nSPS) is 19.4. The predicted octanol–water partition coefficient (Wildman–Crippen LogP) is 1.21. The molecule has 1 aliphatic carbocycles. The maximum absolute atomic E-state index is 12.4. The van der Waals surface area contributed by atoms with Crippen LogP contribution in [0.15, 0.2) is 0 Å². The monoisotopic (exact) mass is 273 g/mol. The minimum Gasteiger partial charge on any atom is -0.480 e. The molecule has 1 saturated carbocycles. The Labute approximate surface area is 111 Å². The Hall–Kier alpha value is -0.880. The highest BCUT2D eigenvalue weighted by Gasteiger charge is 2.43. The van der Waals surface area contributed by atoms with Gasteiger partial charge in [-0.3, -0.25) is 19.7 Å². The van der Waals surface area contributed by atoms with E-state index in [4.69, 9.17) is 5.11 Å². The summed E-state index contributed by atoms with van der Waals surface area (Å²) >= 11 is 1.01. The fourth-order valence-electron chi connectivity index (χ4n) is 2.43. The van der Waals surface area contributed by atoms with Gasteiger partial charge in [-0.1, -0.05) is 24.6 Å². The van der Waals surface area contributed by atoms with E-state index in [0.29, 0.717) is 12.8 Å². The van der Waals surface area contributed by atoms with Gasteiger partial charge in [-0.25, -0.2) is 0 Å². The molecule has 0 heterocycles. The van der Waals surface area contributed by atoms with Crippen molar-refractivity contribution in [2.24, 2.45) is 0 Å². The van der Waals surface area contributed by atoms with Crippen molar-refractivity contribution in [1.29, 1.82) is 0 Å². The van der Waals surface area contributed by atoms with Gasteiger partial charge in [0.1, 0.15) is 0 Å². The molecule has 0 aromatic heterocycles. The van der Waals surface area contributed by atoms with E-state index < -0.39 is 16.8 Å². The van der Waals surface area contributed by atoms with Crippen molar-refractivity contribution in [2.45, 2.75) is 50.3 Å². The summed E-state index contributed by atoms with van der Waals surface area (Å²) in [5.41, 5.74) is -0.750. The van der Waals surface area contributed by atoms with Crippen LogP contribution in [-0.4, -0.2) is 39.3 Å². The van der Waals surface area contributed by atoms with Crippen LogP contribution in [0.1, 0.15) is 39.5 Å². The standard InChI is InChI=1S/C12H19NO4S/c1-8(18-9(2)14)11(17)12(5-3-4-6-12)13-7-10(15)16/h8,13H,3-7H2,1-2H3,(H,15,16). The van der Waals surface area contributed by atoms with Gasteiger partial charge in [-0.15, -0.1) is 0 Å². The zero-order chi connectivity index (χ0) is 13.8. The van der Waals surface area contributed by atoms with Gasteiger partial charge in [0.15, 0.2) is 10.9 Å². The van der Waals surface area contributed by atoms with Gasteiger partial charge in [0, 0.05) is 6.92 Å². The Morgan fingerprint density at radius 3 is 2.33 bits per heavy atom. The molecule has 1 aliphatic rings. The fourth-order valence-corrected chi connectivity index (χ4v) is 3.26. The van der Waals surface area contributed by atoms with Crippen LogP contribution in [0.4, 0.5) is 0 Å². The molecule has 1 atom stereocenters. The third kappa shape index (κ3) is 3.81. The highest BCUT2D eigenvalue weighted by molar-refractivity contribution is 8.14. The van der Waals surface area contributed by atoms with Crippen molar-refractivity contribution >= 4 is 28.6 Å². The van der Waals surface area contributed by atoms with Crippen LogP contribution in [-0.2, 0) is 14.4 Å². The summed E-state index contributed by atoms with van der Waals surface area (Å²) < 4.78 is 0. The van der Waals surface area contributed by atoms with Crippen molar-refractivity contribution in [3.63, 3.8) is 0 Å². The summed E-state index contributed by atoms with van der Waals surface area (Å²) in [7, 11) is 0. The first-order chi connectivity index (χ1) is 8.37. The van der Waals surface area contributed by atoms with Gasteiger partial charge in [-0.2, -0.15) is 0 Å². The molecule has 1 unspecified atom stereocenters. The number of hydrogen-bond donors (Lipinski definition) is 2. The van der Waals surface area contributed by atoms with E-state index >= 15 is 0 Å². The molecule has 5 nitrogen and oxygen atoms in total. The largest absolute Gasteiger partial charge is 0.480 e. The van der Waals surface area contributed by atoms with E-state index in [1.54, 1.807) is 6.92 Å². The lowest BCUT2D eigenvalue weighted by Gasteiger charge is -2.30. The number of aliphatic carboxylic acids is 1. The maximum atomic E-state index is 12.4. The molecular weight excluding hydrogens is 254 g/mol. The predicted molar refractivity (Wildman–Crippen MR) is 69.6 cm³/mol. The van der Waals surface area contributed by atoms with E-state index in [-0.39, 0.29) is 17.4 Å². The van der Waals surface area contributed by atoms with Crippen molar-refractivity contribution in [2.75, 3.05) is 6.54 Å². The summed E-state index contributed by atoms with van der Waals surface area (Å²) in [4.78, 5) is 34.1. The Kier molecular flexibility index (Phi) is 5.34. The van der Waals surface area contributed by atoms with E-state index in [2.05, 4.69) is 5.32 Å². The van der Waals surface area contributed by atoms with E-state index in [9.17, 15) is 14.4 Å². The molecule has 0 amide bonds. The molecule has 1 fully saturated rings. The van der Waals surface area contributed by atoms with Gasteiger partial charge in [-0.05, 0) is 19.8 Å². The molecule has 102 valence electrons. The molecule has 1 rings (SSSR count). The lowest BCUT2D eigenvalue weighted by molar-refractivity contribution is -0.136. The van der Waals surface area contributed by atoms with Gasteiger partial charge in [0.05, 0.1) is 17.3 Å². The zero-order valence-electron chi connectivity index (χ0n) is 10.7. The number of ketones is 1. The second-order valence-electron chi connectivity index (χ2n) is 4.65. The van der Waals surface area contributed by atoms with Crippen LogP contribution in [0.5, 0.6) is 0 Å². The van der Waals surface area contributed by atoms with Crippen LogP contribution >= 0.6 is 11.8 Å². The summed E-state index contributed by atoms with van der Waals surface area (Å²) in [6.45, 7) is 2.92. The zero-order valence-corrected chi connectivity index (χ0v) is 11.5. The highest BCUT2D eigenvalue weighted by atomic mass is 32.2. The number of carboxylic acids is 1. The number of thioether (sulfide) groups is 1. The Balaban J connectivity index is 2.74. The van der Waals surface area contributed by atoms with Crippen LogP contribution in [0.25, 0.3) is 0 Å². The molecule has 6 heteroatoms. The van der Waals surface area contributed by atoms with Gasteiger partial charge >= 0.3 is 5.97 Å². The summed E-state index contributed by atoms with van der Waals surface area (Å²) in [6, 6.07) is 0. The fraction of sp³-hybridized carbons (Fsp3) is 0.750. The van der Waals surface area contributed by atoms with E-state index in [1.807, 2.05) is 0 Å². The van der Waals surface area contributed by atoms with Crippen molar-refractivity contribution in [3.8, 4) is 0 Å². The van der Waals surface area contributed by atoms with Crippen LogP contribution in [0.3, 0.4) is 0 Å². The first kappa shape index (κ1) is 15.2. The van der Waals surface area contributed by atoms with Crippen LogP contribution in [0, 0.1) is 0 Å². The molecule has 0 aromatic rings. The third-order valence-corrected chi connectivity index (χ3v) is 4.12. The van der Waals surface area contributed by atoms with E-state index in [0.717, 1.165) is 24.6 Å². The van der Waals surface area contributed by atoms with Gasteiger partial charge in [0.2, 0.25) is 0 Å². The number of hydrogen-bond acceptors (Lipinski definition) is 5. The molecule has 0 saturated heterocycles. The van der Waals surface area contributed by atoms with Gasteiger partial charge in [0.25, 0.3) is 0 Å². The number of nitrogens with one attached hydrogen (secondary N) is 1. The summed E-state index contributed by atoms with van der Waals surface area (Å²) in [5.74, 6) is -1.03. The summed E-state index contributed by atoms with van der Waals surface area (Å²) in [5, 5.41) is 11.1. The number of carboxylic acid groups (broad SMARTS) is 1. The lowest BCUT2D eigenvalue weighted by atomic mass is 9.90. The minimum atomic E-state index is -0.971. The smallest absolute Gasteiger partial charge is 0.317 e. The molecule has 0 aliphatic heterocycles. The first-order valence-corrected chi connectivity index (χ1v) is 6.94. The molecular formula is C12H19NO4S. The van der Waals surface area contributed by atoms with Crippen molar-refractivity contribution in [1.82, 2.24) is 5.32 Å². The molecule has 18 heavy (non-hydrogen) atoms. The maximum Gasteiger partial charge on any atom is 0.317 e. The molecule has 0 bridgehead atoms. The highest BCUT2D eigenvalue weighted by Crippen LogP contribution is 2.33. The second kappa shape index (κ2) is 6.33. The van der Waals surface area contributed by atoms with E-state index in [1.165, 1.54) is 6.92 Å². The number of carbonyl (C=O) groups excluding carboxylic acids is 2. The van der Waals surface area contributed by atoms with Gasteiger partial charge < -0.3 is 5.11 Å². The Morgan fingerprint density at radius 1 is 1.33 bits per heavy atom. The Bertz CT molecular complexity index is 350. The second-order valence-corrected chi connectivity index (χ2v) is 6.17. The number of carbonyl (C=O) groups is 3. The topological polar surface area (TPSA) is 83.5 Å². The first-order valence-electron chi connectivity index (χ1n) is 6.06. The Morgan fingerprint density at radius 2 is 1.89 bits per heavy atom. The molecule has 0 aromatic carbocycles. The average Bonchev–Trinajstić information content (AvgIpc) is 2.74. The SMILES string of the molecule is CC(=O)SC(C)C(=O)C1(NCC(=O)O)CCCC1. The lowest BCUT2D eigenvalue weighted by Crippen LogP contribution is -2.54. The third-order valence-electron chi connectivity index (χ3n) is 3.22. The minimum absolute atomic E-state index is 0.0542.